The van der Waals surface area contributed by atoms with E-state index in [0.717, 1.165) is 19.3 Å². The van der Waals surface area contributed by atoms with Crippen molar-refractivity contribution in [2.75, 3.05) is 13.1 Å². The number of carbonyl (C=O) groups excluding carboxylic acids is 1. The second-order valence-electron chi connectivity index (χ2n) is 5.46. The highest BCUT2D eigenvalue weighted by molar-refractivity contribution is 5.80. The molecule has 1 amide bonds. The molecule has 18 heavy (non-hydrogen) atoms. The molecule has 1 aliphatic carbocycles. The molecule has 0 aromatic rings. The summed E-state index contributed by atoms with van der Waals surface area (Å²) in [6.45, 7) is 4.43. The second kappa shape index (κ2) is 6.73. The van der Waals surface area contributed by atoms with Gasteiger partial charge >= 0.3 is 5.97 Å². The Morgan fingerprint density at radius 2 is 1.83 bits per heavy atom. The molecule has 1 fully saturated rings. The summed E-state index contributed by atoms with van der Waals surface area (Å²) < 4.78 is 0. The molecule has 0 unspecified atom stereocenters. The highest BCUT2D eigenvalue weighted by Gasteiger charge is 2.39. The Hall–Kier alpha value is -1.10. The van der Waals surface area contributed by atoms with Gasteiger partial charge in [-0.15, -0.1) is 0 Å². The molecular formula is C13H24N2O3. The number of amides is 1. The molecule has 0 radical (unpaired) electrons. The summed E-state index contributed by atoms with van der Waals surface area (Å²) in [6, 6.07) is 0.249. The molecule has 5 heteroatoms. The van der Waals surface area contributed by atoms with Crippen LogP contribution in [0.5, 0.6) is 0 Å². The van der Waals surface area contributed by atoms with Gasteiger partial charge in [-0.05, 0) is 12.8 Å². The lowest BCUT2D eigenvalue weighted by molar-refractivity contribution is -0.151. The van der Waals surface area contributed by atoms with Gasteiger partial charge in [0, 0.05) is 12.6 Å². The maximum Gasteiger partial charge on any atom is 0.311 e. The molecule has 0 heterocycles. The van der Waals surface area contributed by atoms with Crippen molar-refractivity contribution < 1.29 is 14.7 Å². The predicted molar refractivity (Wildman–Crippen MR) is 69.3 cm³/mol. The number of nitrogens with one attached hydrogen (secondary N) is 2. The van der Waals surface area contributed by atoms with E-state index in [9.17, 15) is 14.7 Å². The van der Waals surface area contributed by atoms with Crippen molar-refractivity contribution in [3.05, 3.63) is 0 Å². The van der Waals surface area contributed by atoms with Crippen LogP contribution in [-0.4, -0.2) is 36.1 Å². The minimum atomic E-state index is -0.778. The maximum atomic E-state index is 11.6. The summed E-state index contributed by atoms with van der Waals surface area (Å²) in [4.78, 5) is 23.0. The SMILES string of the molecule is CC(C)NCC(=O)NCC1(C(=O)O)CCCCC1. The number of rotatable bonds is 6. The van der Waals surface area contributed by atoms with Crippen LogP contribution in [0, 0.1) is 5.41 Å². The first-order valence-electron chi connectivity index (χ1n) is 6.70. The van der Waals surface area contributed by atoms with Crippen molar-refractivity contribution in [3.8, 4) is 0 Å². The minimum absolute atomic E-state index is 0.130. The smallest absolute Gasteiger partial charge is 0.311 e. The van der Waals surface area contributed by atoms with E-state index in [1.807, 2.05) is 13.8 Å². The first-order chi connectivity index (χ1) is 8.46. The molecule has 3 N–H and O–H groups in total. The van der Waals surface area contributed by atoms with E-state index in [2.05, 4.69) is 10.6 Å². The predicted octanol–water partition coefficient (Wildman–Crippen LogP) is 1.14. The number of hydrogen-bond donors (Lipinski definition) is 3. The Morgan fingerprint density at radius 3 is 2.33 bits per heavy atom. The van der Waals surface area contributed by atoms with Gasteiger partial charge in [0.05, 0.1) is 12.0 Å². The Kier molecular flexibility index (Phi) is 5.59. The Labute approximate surface area is 108 Å². The highest BCUT2D eigenvalue weighted by Crippen LogP contribution is 2.35. The zero-order valence-corrected chi connectivity index (χ0v) is 11.3. The standard InChI is InChI=1S/C13H24N2O3/c1-10(2)14-8-11(16)15-9-13(12(17)18)6-4-3-5-7-13/h10,14H,3-9H2,1-2H3,(H,15,16)(H,17,18). The molecule has 104 valence electrons. The zero-order chi connectivity index (χ0) is 13.6. The summed E-state index contributed by atoms with van der Waals surface area (Å²) in [5.74, 6) is -0.908. The molecule has 1 rings (SSSR count). The molecule has 0 atom stereocenters. The van der Waals surface area contributed by atoms with Gasteiger partial charge in [0.25, 0.3) is 0 Å². The number of carboxylic acid groups (broad SMARTS) is 1. The van der Waals surface area contributed by atoms with E-state index in [-0.39, 0.29) is 25.0 Å². The maximum absolute atomic E-state index is 11.6. The fourth-order valence-electron chi connectivity index (χ4n) is 2.32. The molecule has 0 spiro atoms. The van der Waals surface area contributed by atoms with Crippen molar-refractivity contribution in [1.82, 2.24) is 10.6 Å². The van der Waals surface area contributed by atoms with E-state index < -0.39 is 11.4 Å². The molecular weight excluding hydrogens is 232 g/mol. The van der Waals surface area contributed by atoms with Gasteiger partial charge in [-0.1, -0.05) is 33.1 Å². The fourth-order valence-corrected chi connectivity index (χ4v) is 2.32. The summed E-state index contributed by atoms with van der Waals surface area (Å²) in [7, 11) is 0. The lowest BCUT2D eigenvalue weighted by Crippen LogP contribution is -2.46. The van der Waals surface area contributed by atoms with Gasteiger partial charge in [0.1, 0.15) is 0 Å². The lowest BCUT2D eigenvalue weighted by Gasteiger charge is -2.33. The topological polar surface area (TPSA) is 78.4 Å². The third kappa shape index (κ3) is 4.29. The van der Waals surface area contributed by atoms with E-state index in [4.69, 9.17) is 0 Å². The van der Waals surface area contributed by atoms with Crippen molar-refractivity contribution in [3.63, 3.8) is 0 Å². The number of carbonyl (C=O) groups is 2. The third-order valence-electron chi connectivity index (χ3n) is 3.56. The van der Waals surface area contributed by atoms with Gasteiger partial charge < -0.3 is 15.7 Å². The number of carboxylic acids is 1. The number of aliphatic carboxylic acids is 1. The summed E-state index contributed by atoms with van der Waals surface area (Å²) in [6.07, 6.45) is 4.30. The van der Waals surface area contributed by atoms with Crippen LogP contribution in [0.1, 0.15) is 46.0 Å². The summed E-state index contributed by atoms with van der Waals surface area (Å²) >= 11 is 0. The molecule has 0 aromatic heterocycles. The molecule has 0 aromatic carbocycles. The van der Waals surface area contributed by atoms with Crippen LogP contribution in [0.2, 0.25) is 0 Å². The molecule has 0 aliphatic heterocycles. The van der Waals surface area contributed by atoms with Crippen LogP contribution in [-0.2, 0) is 9.59 Å². The van der Waals surface area contributed by atoms with E-state index in [0.29, 0.717) is 12.8 Å². The normalized spacial score (nSPS) is 18.6. The average Bonchev–Trinajstić information content (AvgIpc) is 2.34. The molecule has 5 nitrogen and oxygen atoms in total. The Balaban J connectivity index is 2.42. The number of hydrogen-bond acceptors (Lipinski definition) is 3. The first-order valence-corrected chi connectivity index (χ1v) is 6.70. The summed E-state index contributed by atoms with van der Waals surface area (Å²) in [5.41, 5.74) is -0.744. The van der Waals surface area contributed by atoms with Gasteiger partial charge in [-0.25, -0.2) is 0 Å². The third-order valence-corrected chi connectivity index (χ3v) is 3.56. The quantitative estimate of drug-likeness (QED) is 0.666. The van der Waals surface area contributed by atoms with Crippen molar-refractivity contribution >= 4 is 11.9 Å². The van der Waals surface area contributed by atoms with Crippen LogP contribution in [0.15, 0.2) is 0 Å². The highest BCUT2D eigenvalue weighted by atomic mass is 16.4. The van der Waals surface area contributed by atoms with Gasteiger partial charge in [0.15, 0.2) is 0 Å². The second-order valence-corrected chi connectivity index (χ2v) is 5.46. The van der Waals surface area contributed by atoms with Gasteiger partial charge in [-0.3, -0.25) is 9.59 Å². The van der Waals surface area contributed by atoms with E-state index in [1.54, 1.807) is 0 Å². The molecule has 1 saturated carbocycles. The average molecular weight is 256 g/mol. The van der Waals surface area contributed by atoms with Crippen molar-refractivity contribution in [1.29, 1.82) is 0 Å². The van der Waals surface area contributed by atoms with Crippen LogP contribution in [0.3, 0.4) is 0 Å². The Bertz CT molecular complexity index is 297. The molecule has 0 bridgehead atoms. The minimum Gasteiger partial charge on any atom is -0.481 e. The van der Waals surface area contributed by atoms with Gasteiger partial charge in [-0.2, -0.15) is 0 Å². The van der Waals surface area contributed by atoms with Crippen LogP contribution < -0.4 is 10.6 Å². The molecule has 0 saturated heterocycles. The summed E-state index contributed by atoms with van der Waals surface area (Å²) in [5, 5.41) is 15.1. The van der Waals surface area contributed by atoms with Crippen molar-refractivity contribution in [2.24, 2.45) is 5.41 Å². The fraction of sp³-hybridized carbons (Fsp3) is 0.846. The monoisotopic (exact) mass is 256 g/mol. The molecule has 1 aliphatic rings. The lowest BCUT2D eigenvalue weighted by atomic mass is 9.74. The van der Waals surface area contributed by atoms with E-state index >= 15 is 0 Å². The first kappa shape index (κ1) is 15.0. The largest absolute Gasteiger partial charge is 0.481 e. The van der Waals surface area contributed by atoms with Gasteiger partial charge in [0.2, 0.25) is 5.91 Å². The van der Waals surface area contributed by atoms with Crippen LogP contribution in [0.4, 0.5) is 0 Å². The van der Waals surface area contributed by atoms with E-state index in [1.165, 1.54) is 0 Å². The van der Waals surface area contributed by atoms with Crippen LogP contribution >= 0.6 is 0 Å². The van der Waals surface area contributed by atoms with Crippen molar-refractivity contribution in [2.45, 2.75) is 52.0 Å². The zero-order valence-electron chi connectivity index (χ0n) is 11.3. The van der Waals surface area contributed by atoms with Crippen LogP contribution in [0.25, 0.3) is 0 Å². The Morgan fingerprint density at radius 1 is 1.22 bits per heavy atom.